The number of halogens is 2. The number of carbonyl (C=O) groups excluding carboxylic acids is 1. The maximum atomic E-state index is 12.0. The van der Waals surface area contributed by atoms with Crippen LogP contribution in [0, 0.1) is 0 Å². The van der Waals surface area contributed by atoms with E-state index in [2.05, 4.69) is 21.2 Å². The van der Waals surface area contributed by atoms with Crippen molar-refractivity contribution >= 4 is 39.1 Å². The zero-order valence-electron chi connectivity index (χ0n) is 9.15. The van der Waals surface area contributed by atoms with Crippen LogP contribution in [-0.4, -0.2) is 11.0 Å². The van der Waals surface area contributed by atoms with Gasteiger partial charge >= 0.3 is 0 Å². The molecule has 2 rings (SSSR count). The van der Waals surface area contributed by atoms with Crippen molar-refractivity contribution in [2.75, 3.05) is 5.32 Å². The smallest absolute Gasteiger partial charge is 0.257 e. The maximum absolute atomic E-state index is 12.0. The molecule has 3 nitrogen and oxygen atoms in total. The maximum Gasteiger partial charge on any atom is 0.257 e. The van der Waals surface area contributed by atoms with Crippen molar-refractivity contribution in [3.05, 3.63) is 57.5 Å². The summed E-state index contributed by atoms with van der Waals surface area (Å²) in [6.45, 7) is 0. The molecule has 2 N–H and O–H groups in total. The molecule has 0 bridgehead atoms. The highest BCUT2D eigenvalue weighted by Crippen LogP contribution is 2.23. The lowest BCUT2D eigenvalue weighted by molar-refractivity contribution is 0.102. The minimum Gasteiger partial charge on any atom is -0.508 e. The van der Waals surface area contributed by atoms with Gasteiger partial charge in [-0.15, -0.1) is 0 Å². The SMILES string of the molecule is O=C(Nc1cccc(O)c1)c1cc(Br)ccc1Cl. The second kappa shape index (κ2) is 5.42. The van der Waals surface area contributed by atoms with Crippen LogP contribution in [0.2, 0.25) is 5.02 Å². The van der Waals surface area contributed by atoms with Gasteiger partial charge in [-0.25, -0.2) is 0 Å². The highest BCUT2D eigenvalue weighted by molar-refractivity contribution is 9.10. The number of rotatable bonds is 2. The summed E-state index contributed by atoms with van der Waals surface area (Å²) in [6.07, 6.45) is 0. The van der Waals surface area contributed by atoms with E-state index in [1.165, 1.54) is 12.1 Å². The Kier molecular flexibility index (Phi) is 3.89. The molecule has 1 amide bonds. The minimum atomic E-state index is -0.327. The molecule has 0 saturated carbocycles. The molecule has 2 aromatic carbocycles. The fourth-order valence-corrected chi connectivity index (χ4v) is 2.02. The first-order chi connectivity index (χ1) is 8.56. The summed E-state index contributed by atoms with van der Waals surface area (Å²) in [6, 6.07) is 11.4. The van der Waals surface area contributed by atoms with Crippen molar-refractivity contribution in [2.24, 2.45) is 0 Å². The number of phenolic OH excluding ortho intramolecular Hbond substituents is 1. The molecule has 0 aliphatic heterocycles. The third kappa shape index (κ3) is 3.03. The molecule has 5 heteroatoms. The Morgan fingerprint density at radius 2 is 2.00 bits per heavy atom. The Labute approximate surface area is 118 Å². The van der Waals surface area contributed by atoms with Gasteiger partial charge in [-0.1, -0.05) is 33.6 Å². The van der Waals surface area contributed by atoms with Crippen molar-refractivity contribution < 1.29 is 9.90 Å². The van der Waals surface area contributed by atoms with Gasteiger partial charge in [0.05, 0.1) is 10.6 Å². The Bertz CT molecular complexity index is 601. The first-order valence-corrected chi connectivity index (χ1v) is 6.29. The molecule has 0 fully saturated rings. The van der Waals surface area contributed by atoms with E-state index in [-0.39, 0.29) is 11.7 Å². The van der Waals surface area contributed by atoms with Crippen LogP contribution in [-0.2, 0) is 0 Å². The zero-order valence-corrected chi connectivity index (χ0v) is 11.5. The Hall–Kier alpha value is -1.52. The summed E-state index contributed by atoms with van der Waals surface area (Å²) < 4.78 is 0.771. The standard InChI is InChI=1S/C13H9BrClNO2/c14-8-4-5-12(15)11(6-8)13(18)16-9-2-1-3-10(17)7-9/h1-7,17H,(H,16,18). The predicted molar refractivity (Wildman–Crippen MR) is 75.2 cm³/mol. The fraction of sp³-hybridized carbons (Fsp3) is 0. The Morgan fingerprint density at radius 1 is 1.22 bits per heavy atom. The van der Waals surface area contributed by atoms with Crippen LogP contribution in [0.3, 0.4) is 0 Å². The van der Waals surface area contributed by atoms with Gasteiger partial charge in [0.15, 0.2) is 0 Å². The van der Waals surface area contributed by atoms with E-state index in [9.17, 15) is 9.90 Å². The molecule has 0 radical (unpaired) electrons. The van der Waals surface area contributed by atoms with Crippen molar-refractivity contribution in [2.45, 2.75) is 0 Å². The van der Waals surface area contributed by atoms with Crippen molar-refractivity contribution in [1.29, 1.82) is 0 Å². The number of hydrogen-bond donors (Lipinski definition) is 2. The molecular formula is C13H9BrClNO2. The second-order valence-electron chi connectivity index (χ2n) is 3.63. The third-order valence-corrected chi connectivity index (χ3v) is 3.10. The monoisotopic (exact) mass is 325 g/mol. The number of phenols is 1. The molecule has 0 aromatic heterocycles. The topological polar surface area (TPSA) is 49.3 Å². The van der Waals surface area contributed by atoms with Crippen molar-refractivity contribution in [1.82, 2.24) is 0 Å². The summed E-state index contributed by atoms with van der Waals surface area (Å²) in [7, 11) is 0. The van der Waals surface area contributed by atoms with E-state index in [0.717, 1.165) is 4.47 Å². The second-order valence-corrected chi connectivity index (χ2v) is 4.95. The summed E-state index contributed by atoms with van der Waals surface area (Å²) in [5.41, 5.74) is 0.880. The fourth-order valence-electron chi connectivity index (χ4n) is 1.45. The van der Waals surface area contributed by atoms with E-state index < -0.39 is 0 Å². The highest BCUT2D eigenvalue weighted by Gasteiger charge is 2.11. The normalized spacial score (nSPS) is 10.1. The van der Waals surface area contributed by atoms with Crippen LogP contribution >= 0.6 is 27.5 Å². The van der Waals surface area contributed by atoms with Gasteiger partial charge in [-0.05, 0) is 30.3 Å². The lowest BCUT2D eigenvalue weighted by atomic mass is 10.2. The van der Waals surface area contributed by atoms with Gasteiger partial charge in [0.2, 0.25) is 0 Å². The van der Waals surface area contributed by atoms with Gasteiger partial charge in [-0.3, -0.25) is 4.79 Å². The number of carbonyl (C=O) groups is 1. The molecule has 18 heavy (non-hydrogen) atoms. The Morgan fingerprint density at radius 3 is 2.72 bits per heavy atom. The molecule has 0 heterocycles. The molecular weight excluding hydrogens is 318 g/mol. The number of aromatic hydroxyl groups is 1. The van der Waals surface area contributed by atoms with E-state index in [1.807, 2.05) is 0 Å². The van der Waals surface area contributed by atoms with E-state index >= 15 is 0 Å². The lowest BCUT2D eigenvalue weighted by Gasteiger charge is -2.07. The number of benzene rings is 2. The average molecular weight is 327 g/mol. The van der Waals surface area contributed by atoms with Gasteiger partial charge in [-0.2, -0.15) is 0 Å². The van der Waals surface area contributed by atoms with E-state index in [4.69, 9.17) is 11.6 Å². The summed E-state index contributed by atoms with van der Waals surface area (Å²) in [5.74, 6) is -0.236. The lowest BCUT2D eigenvalue weighted by Crippen LogP contribution is -2.12. The molecule has 0 aliphatic rings. The van der Waals surface area contributed by atoms with Crippen LogP contribution in [0.4, 0.5) is 5.69 Å². The van der Waals surface area contributed by atoms with Gasteiger partial charge in [0.25, 0.3) is 5.91 Å². The molecule has 0 spiro atoms. The molecule has 0 aliphatic carbocycles. The first-order valence-electron chi connectivity index (χ1n) is 5.12. The summed E-state index contributed by atoms with van der Waals surface area (Å²) >= 11 is 9.24. The van der Waals surface area contributed by atoms with E-state index in [1.54, 1.807) is 30.3 Å². The quantitative estimate of drug-likeness (QED) is 0.874. The van der Waals surface area contributed by atoms with Gasteiger partial charge in [0, 0.05) is 16.2 Å². The van der Waals surface area contributed by atoms with Crippen molar-refractivity contribution in [3.63, 3.8) is 0 Å². The number of amides is 1. The van der Waals surface area contributed by atoms with E-state index in [0.29, 0.717) is 16.3 Å². The number of nitrogens with one attached hydrogen (secondary N) is 1. The number of hydrogen-bond acceptors (Lipinski definition) is 2. The molecule has 92 valence electrons. The summed E-state index contributed by atoms with van der Waals surface area (Å²) in [5, 5.41) is 12.3. The molecule has 0 unspecified atom stereocenters. The van der Waals surface area contributed by atoms with Gasteiger partial charge in [0.1, 0.15) is 5.75 Å². The van der Waals surface area contributed by atoms with Crippen LogP contribution in [0.25, 0.3) is 0 Å². The summed E-state index contributed by atoms with van der Waals surface area (Å²) in [4.78, 5) is 12.0. The Balaban J connectivity index is 2.24. The highest BCUT2D eigenvalue weighted by atomic mass is 79.9. The molecule has 0 atom stereocenters. The minimum absolute atomic E-state index is 0.0909. The zero-order chi connectivity index (χ0) is 13.1. The number of anilines is 1. The van der Waals surface area contributed by atoms with Gasteiger partial charge < -0.3 is 10.4 Å². The third-order valence-electron chi connectivity index (χ3n) is 2.28. The average Bonchev–Trinajstić information content (AvgIpc) is 2.32. The molecule has 0 saturated heterocycles. The first kappa shape index (κ1) is 12.9. The predicted octanol–water partition coefficient (Wildman–Crippen LogP) is 4.06. The van der Waals surface area contributed by atoms with Crippen molar-refractivity contribution in [3.8, 4) is 5.75 Å². The molecule has 2 aromatic rings. The van der Waals surface area contributed by atoms with Crippen LogP contribution in [0.5, 0.6) is 5.75 Å². The van der Waals surface area contributed by atoms with Crippen LogP contribution in [0.1, 0.15) is 10.4 Å². The van der Waals surface area contributed by atoms with Crippen LogP contribution < -0.4 is 5.32 Å². The van der Waals surface area contributed by atoms with Crippen LogP contribution in [0.15, 0.2) is 46.9 Å². The largest absolute Gasteiger partial charge is 0.508 e.